The Balaban J connectivity index is 1.90. The van der Waals surface area contributed by atoms with Crippen molar-refractivity contribution in [1.82, 2.24) is 4.98 Å². The molecule has 0 bridgehead atoms. The third kappa shape index (κ3) is 2.55. The summed E-state index contributed by atoms with van der Waals surface area (Å²) in [5.74, 6) is 0.670. The molecule has 1 aliphatic rings. The molecule has 0 aliphatic carbocycles. The number of rotatable bonds is 3. The van der Waals surface area contributed by atoms with E-state index >= 15 is 0 Å². The molecular formula is C11H14BrNO. The van der Waals surface area contributed by atoms with E-state index in [2.05, 4.69) is 33.0 Å². The highest BCUT2D eigenvalue weighted by molar-refractivity contribution is 9.09. The summed E-state index contributed by atoms with van der Waals surface area (Å²) in [6.07, 6.45) is 5.94. The van der Waals surface area contributed by atoms with Crippen LogP contribution in [0.3, 0.4) is 0 Å². The molecule has 1 fully saturated rings. The van der Waals surface area contributed by atoms with Crippen LogP contribution < -0.4 is 0 Å². The van der Waals surface area contributed by atoms with E-state index < -0.39 is 0 Å². The van der Waals surface area contributed by atoms with Crippen molar-refractivity contribution < 1.29 is 4.74 Å². The van der Waals surface area contributed by atoms with Gasteiger partial charge in [-0.05, 0) is 36.5 Å². The maximum Gasteiger partial charge on any atom is 0.0505 e. The van der Waals surface area contributed by atoms with Gasteiger partial charge in [0.05, 0.1) is 6.61 Å². The van der Waals surface area contributed by atoms with Crippen molar-refractivity contribution in [2.24, 2.45) is 5.92 Å². The largest absolute Gasteiger partial charge is 0.381 e. The SMILES string of the molecule is BrC(Cc1ccncc1)C1CCOC1. The van der Waals surface area contributed by atoms with Gasteiger partial charge in [-0.25, -0.2) is 0 Å². The Hall–Kier alpha value is -0.410. The van der Waals surface area contributed by atoms with Crippen molar-refractivity contribution >= 4 is 15.9 Å². The number of hydrogen-bond acceptors (Lipinski definition) is 2. The lowest BCUT2D eigenvalue weighted by Crippen LogP contribution is -2.16. The average molecular weight is 256 g/mol. The Bertz CT molecular complexity index is 272. The molecule has 14 heavy (non-hydrogen) atoms. The first-order valence-electron chi connectivity index (χ1n) is 4.97. The van der Waals surface area contributed by atoms with Crippen LogP contribution in [-0.4, -0.2) is 23.0 Å². The van der Waals surface area contributed by atoms with E-state index in [1.54, 1.807) is 0 Å². The summed E-state index contributed by atoms with van der Waals surface area (Å²) < 4.78 is 5.37. The van der Waals surface area contributed by atoms with Gasteiger partial charge in [-0.3, -0.25) is 4.98 Å². The number of alkyl halides is 1. The molecule has 2 heterocycles. The third-order valence-corrected chi connectivity index (χ3v) is 3.73. The molecule has 0 N–H and O–H groups in total. The topological polar surface area (TPSA) is 22.1 Å². The van der Waals surface area contributed by atoms with E-state index in [1.807, 2.05) is 12.4 Å². The summed E-state index contributed by atoms with van der Waals surface area (Å²) in [5.41, 5.74) is 1.34. The van der Waals surface area contributed by atoms with E-state index in [0.29, 0.717) is 10.7 Å². The van der Waals surface area contributed by atoms with Crippen LogP contribution in [-0.2, 0) is 11.2 Å². The predicted molar refractivity (Wildman–Crippen MR) is 59.6 cm³/mol. The van der Waals surface area contributed by atoms with Gasteiger partial charge in [0, 0.05) is 23.8 Å². The summed E-state index contributed by atoms with van der Waals surface area (Å²) in [5, 5.41) is 0. The fraction of sp³-hybridized carbons (Fsp3) is 0.545. The van der Waals surface area contributed by atoms with Crippen LogP contribution in [0.1, 0.15) is 12.0 Å². The van der Waals surface area contributed by atoms with E-state index in [0.717, 1.165) is 19.6 Å². The lowest BCUT2D eigenvalue weighted by Gasteiger charge is -2.15. The Morgan fingerprint density at radius 2 is 2.29 bits per heavy atom. The Morgan fingerprint density at radius 1 is 1.50 bits per heavy atom. The normalized spacial score (nSPS) is 23.6. The van der Waals surface area contributed by atoms with E-state index in [9.17, 15) is 0 Å². The molecule has 0 saturated carbocycles. The fourth-order valence-corrected chi connectivity index (χ4v) is 2.54. The summed E-state index contributed by atoms with van der Waals surface area (Å²) in [6.45, 7) is 1.82. The van der Waals surface area contributed by atoms with Gasteiger partial charge >= 0.3 is 0 Å². The van der Waals surface area contributed by atoms with Gasteiger partial charge in [-0.15, -0.1) is 0 Å². The van der Waals surface area contributed by atoms with Crippen LogP contribution in [0.2, 0.25) is 0 Å². The van der Waals surface area contributed by atoms with Gasteiger partial charge in [0.1, 0.15) is 0 Å². The Labute approximate surface area is 92.8 Å². The second-order valence-corrected chi connectivity index (χ2v) is 4.88. The smallest absolute Gasteiger partial charge is 0.0505 e. The first-order chi connectivity index (χ1) is 6.86. The zero-order valence-corrected chi connectivity index (χ0v) is 9.61. The summed E-state index contributed by atoms with van der Waals surface area (Å²) >= 11 is 3.74. The molecule has 1 aromatic rings. The zero-order valence-electron chi connectivity index (χ0n) is 8.03. The first-order valence-corrected chi connectivity index (χ1v) is 5.88. The molecule has 0 aromatic carbocycles. The van der Waals surface area contributed by atoms with Crippen molar-refractivity contribution in [3.63, 3.8) is 0 Å². The molecule has 2 atom stereocenters. The molecule has 76 valence electrons. The van der Waals surface area contributed by atoms with Crippen LogP contribution >= 0.6 is 15.9 Å². The number of hydrogen-bond donors (Lipinski definition) is 0. The number of ether oxygens (including phenoxy) is 1. The average Bonchev–Trinajstić information content (AvgIpc) is 2.72. The van der Waals surface area contributed by atoms with Crippen LogP contribution in [0.5, 0.6) is 0 Å². The number of nitrogens with zero attached hydrogens (tertiary/aromatic N) is 1. The maximum atomic E-state index is 5.37. The van der Waals surface area contributed by atoms with Crippen molar-refractivity contribution in [3.05, 3.63) is 30.1 Å². The highest BCUT2D eigenvalue weighted by atomic mass is 79.9. The van der Waals surface area contributed by atoms with Gasteiger partial charge < -0.3 is 4.74 Å². The Morgan fingerprint density at radius 3 is 2.93 bits per heavy atom. The predicted octanol–water partition coefficient (Wildman–Crippen LogP) is 2.42. The number of pyridine rings is 1. The van der Waals surface area contributed by atoms with Crippen molar-refractivity contribution in [2.75, 3.05) is 13.2 Å². The van der Waals surface area contributed by atoms with Gasteiger partial charge in [0.15, 0.2) is 0 Å². The minimum atomic E-state index is 0.535. The molecular weight excluding hydrogens is 242 g/mol. The monoisotopic (exact) mass is 255 g/mol. The molecule has 3 heteroatoms. The first kappa shape index (κ1) is 10.1. The van der Waals surface area contributed by atoms with E-state index in [1.165, 1.54) is 12.0 Å². The lowest BCUT2D eigenvalue weighted by atomic mass is 9.99. The molecule has 2 nitrogen and oxygen atoms in total. The zero-order chi connectivity index (χ0) is 9.80. The van der Waals surface area contributed by atoms with Crippen LogP contribution in [0.4, 0.5) is 0 Å². The number of halogens is 1. The van der Waals surface area contributed by atoms with E-state index in [-0.39, 0.29) is 0 Å². The maximum absolute atomic E-state index is 5.37. The van der Waals surface area contributed by atoms with Crippen molar-refractivity contribution in [1.29, 1.82) is 0 Å². The fourth-order valence-electron chi connectivity index (χ4n) is 1.75. The van der Waals surface area contributed by atoms with Gasteiger partial charge in [0.2, 0.25) is 0 Å². The third-order valence-electron chi connectivity index (χ3n) is 2.66. The van der Waals surface area contributed by atoms with Gasteiger partial charge in [-0.2, -0.15) is 0 Å². The molecule has 2 unspecified atom stereocenters. The van der Waals surface area contributed by atoms with Crippen molar-refractivity contribution in [3.8, 4) is 0 Å². The number of aromatic nitrogens is 1. The highest BCUT2D eigenvalue weighted by Crippen LogP contribution is 2.25. The standard InChI is InChI=1S/C11H14BrNO/c12-11(10-3-6-14-8-10)7-9-1-4-13-5-2-9/h1-2,4-5,10-11H,3,6-8H2. The molecule has 2 rings (SSSR count). The highest BCUT2D eigenvalue weighted by Gasteiger charge is 2.23. The van der Waals surface area contributed by atoms with Crippen LogP contribution in [0.15, 0.2) is 24.5 Å². The Kier molecular flexibility index (Phi) is 3.54. The molecule has 0 spiro atoms. The second-order valence-electron chi connectivity index (χ2n) is 3.70. The van der Waals surface area contributed by atoms with Gasteiger partial charge in [0.25, 0.3) is 0 Å². The summed E-state index contributed by atoms with van der Waals surface area (Å²) in [6, 6.07) is 4.15. The van der Waals surface area contributed by atoms with Gasteiger partial charge in [-0.1, -0.05) is 15.9 Å². The minimum Gasteiger partial charge on any atom is -0.381 e. The van der Waals surface area contributed by atoms with Crippen LogP contribution in [0.25, 0.3) is 0 Å². The molecule has 1 aromatic heterocycles. The van der Waals surface area contributed by atoms with Crippen LogP contribution in [0, 0.1) is 5.92 Å². The second kappa shape index (κ2) is 4.89. The molecule has 1 aliphatic heterocycles. The van der Waals surface area contributed by atoms with Crippen molar-refractivity contribution in [2.45, 2.75) is 17.7 Å². The minimum absolute atomic E-state index is 0.535. The van der Waals surface area contributed by atoms with E-state index in [4.69, 9.17) is 4.74 Å². The summed E-state index contributed by atoms with van der Waals surface area (Å²) in [7, 11) is 0. The molecule has 1 saturated heterocycles. The lowest BCUT2D eigenvalue weighted by molar-refractivity contribution is 0.185. The summed E-state index contributed by atoms with van der Waals surface area (Å²) in [4.78, 5) is 4.54. The quantitative estimate of drug-likeness (QED) is 0.775. The molecule has 0 radical (unpaired) electrons. The molecule has 0 amide bonds.